The third-order valence-electron chi connectivity index (χ3n) is 6.11. The molecule has 2 aromatic heterocycles. The summed E-state index contributed by atoms with van der Waals surface area (Å²) in [5.41, 5.74) is 13.7. The number of halogens is 1. The molecule has 3 N–H and O–H groups in total. The number of H-pyrrole nitrogens is 1. The third kappa shape index (κ3) is 4.68. The van der Waals surface area contributed by atoms with E-state index in [0.29, 0.717) is 23.1 Å². The number of hydrogen-bond acceptors (Lipinski definition) is 5. The van der Waals surface area contributed by atoms with E-state index in [1.807, 2.05) is 42.5 Å². The van der Waals surface area contributed by atoms with Crippen molar-refractivity contribution in [3.05, 3.63) is 94.6 Å². The number of hydrogen-bond donors (Lipinski definition) is 2. The number of aromatic nitrogens is 6. The van der Waals surface area contributed by atoms with Gasteiger partial charge in [0.2, 0.25) is 5.82 Å². The Balaban J connectivity index is 1.47. The summed E-state index contributed by atoms with van der Waals surface area (Å²) in [6.45, 7) is 2.18. The topological polar surface area (TPSA) is 98.3 Å². The van der Waals surface area contributed by atoms with E-state index < -0.39 is 0 Å². The van der Waals surface area contributed by atoms with Crippen LogP contribution in [0, 0.1) is 0 Å². The molecule has 2 heterocycles. The predicted molar refractivity (Wildman–Crippen MR) is 139 cm³/mol. The first-order valence-electron chi connectivity index (χ1n) is 11.7. The van der Waals surface area contributed by atoms with E-state index in [9.17, 15) is 0 Å². The van der Waals surface area contributed by atoms with Gasteiger partial charge in [-0.3, -0.25) is 0 Å². The minimum absolute atomic E-state index is 0.574. The molecule has 0 unspecified atom stereocenters. The van der Waals surface area contributed by atoms with Gasteiger partial charge < -0.3 is 5.73 Å². The molecule has 0 radical (unpaired) electrons. The Morgan fingerprint density at radius 2 is 1.69 bits per heavy atom. The smallest absolute Gasteiger partial charge is 0.205 e. The number of aromatic amines is 1. The first kappa shape index (κ1) is 22.8. The number of aryl methyl sites for hydroxylation is 1. The van der Waals surface area contributed by atoms with Gasteiger partial charge in [-0.25, -0.2) is 4.68 Å². The Kier molecular flexibility index (Phi) is 6.59. The van der Waals surface area contributed by atoms with Crippen molar-refractivity contribution in [2.75, 3.05) is 5.73 Å². The van der Waals surface area contributed by atoms with E-state index in [0.717, 1.165) is 58.5 Å². The van der Waals surface area contributed by atoms with Crippen molar-refractivity contribution in [1.29, 1.82) is 0 Å². The van der Waals surface area contributed by atoms with Gasteiger partial charge in [-0.2, -0.15) is 10.3 Å². The van der Waals surface area contributed by atoms with Crippen molar-refractivity contribution in [3.63, 3.8) is 0 Å². The highest BCUT2D eigenvalue weighted by Crippen LogP contribution is 2.32. The zero-order valence-electron chi connectivity index (χ0n) is 19.4. The molecule has 0 saturated carbocycles. The molecule has 8 heteroatoms. The molecule has 3 aromatic carbocycles. The molecule has 35 heavy (non-hydrogen) atoms. The Morgan fingerprint density at radius 3 is 2.40 bits per heavy atom. The monoisotopic (exact) mass is 483 g/mol. The van der Waals surface area contributed by atoms with Crippen LogP contribution in [-0.2, 0) is 12.8 Å². The lowest BCUT2D eigenvalue weighted by atomic mass is 9.96. The van der Waals surface area contributed by atoms with Crippen LogP contribution in [0.4, 0.5) is 5.82 Å². The van der Waals surface area contributed by atoms with Crippen LogP contribution in [-0.4, -0.2) is 30.4 Å². The van der Waals surface area contributed by atoms with Gasteiger partial charge in [-0.1, -0.05) is 85.6 Å². The second kappa shape index (κ2) is 10.1. The van der Waals surface area contributed by atoms with Gasteiger partial charge in [0.05, 0.1) is 16.4 Å². The lowest BCUT2D eigenvalue weighted by Crippen LogP contribution is -2.04. The SMILES string of the molecule is CCCCc1nn(-c2ccccc2Cl)c(N)c1Cc1ccc(-c2ccccc2-c2nn[nH]n2)cc1. The van der Waals surface area contributed by atoms with Gasteiger partial charge in [0.15, 0.2) is 0 Å². The second-order valence-electron chi connectivity index (χ2n) is 8.43. The van der Waals surface area contributed by atoms with Crippen molar-refractivity contribution < 1.29 is 0 Å². The van der Waals surface area contributed by atoms with Crippen LogP contribution in [0.15, 0.2) is 72.8 Å². The zero-order chi connectivity index (χ0) is 24.2. The number of nitrogen functional groups attached to an aromatic ring is 1. The predicted octanol–water partition coefficient (Wildman–Crippen LogP) is 5.89. The maximum atomic E-state index is 6.64. The zero-order valence-corrected chi connectivity index (χ0v) is 20.2. The molecule has 0 aliphatic carbocycles. The maximum Gasteiger partial charge on any atom is 0.205 e. The number of nitrogens with zero attached hydrogens (tertiary/aromatic N) is 5. The number of anilines is 1. The summed E-state index contributed by atoms with van der Waals surface area (Å²) >= 11 is 6.45. The molecule has 0 aliphatic heterocycles. The molecular weight excluding hydrogens is 458 g/mol. The number of rotatable bonds is 8. The number of nitrogens with two attached hydrogens (primary N) is 1. The van der Waals surface area contributed by atoms with Crippen LogP contribution in [0.1, 0.15) is 36.6 Å². The van der Waals surface area contributed by atoms with E-state index in [1.54, 1.807) is 4.68 Å². The molecule has 0 aliphatic rings. The molecule has 7 nitrogen and oxygen atoms in total. The van der Waals surface area contributed by atoms with Gasteiger partial charge in [-0.15, -0.1) is 10.2 Å². The number of para-hydroxylation sites is 1. The van der Waals surface area contributed by atoms with Crippen LogP contribution < -0.4 is 5.73 Å². The molecule has 0 fully saturated rings. The first-order chi connectivity index (χ1) is 17.2. The normalized spacial score (nSPS) is 11.1. The van der Waals surface area contributed by atoms with Gasteiger partial charge in [0.25, 0.3) is 0 Å². The van der Waals surface area contributed by atoms with Crippen LogP contribution in [0.5, 0.6) is 0 Å². The fraction of sp³-hybridized carbons (Fsp3) is 0.185. The van der Waals surface area contributed by atoms with Gasteiger partial charge in [0.1, 0.15) is 5.82 Å². The van der Waals surface area contributed by atoms with Crippen LogP contribution in [0.3, 0.4) is 0 Å². The average molecular weight is 484 g/mol. The van der Waals surface area contributed by atoms with E-state index in [2.05, 4.69) is 57.9 Å². The van der Waals surface area contributed by atoms with Crippen LogP contribution in [0.2, 0.25) is 5.02 Å². The highest BCUT2D eigenvalue weighted by molar-refractivity contribution is 6.32. The highest BCUT2D eigenvalue weighted by atomic mass is 35.5. The number of unbranched alkanes of at least 4 members (excludes halogenated alkanes) is 1. The quantitative estimate of drug-likeness (QED) is 0.287. The van der Waals surface area contributed by atoms with Crippen molar-refractivity contribution >= 4 is 17.4 Å². The van der Waals surface area contributed by atoms with E-state index in [1.165, 1.54) is 0 Å². The Hall–Kier alpha value is -3.97. The molecule has 0 amide bonds. The molecule has 5 aromatic rings. The van der Waals surface area contributed by atoms with Gasteiger partial charge in [0, 0.05) is 17.5 Å². The fourth-order valence-electron chi connectivity index (χ4n) is 4.27. The summed E-state index contributed by atoms with van der Waals surface area (Å²) in [5, 5.41) is 20.0. The van der Waals surface area contributed by atoms with Crippen molar-refractivity contribution in [3.8, 4) is 28.2 Å². The van der Waals surface area contributed by atoms with Crippen molar-refractivity contribution in [2.24, 2.45) is 0 Å². The molecule has 176 valence electrons. The highest BCUT2D eigenvalue weighted by Gasteiger charge is 2.18. The van der Waals surface area contributed by atoms with Gasteiger partial charge >= 0.3 is 0 Å². The molecule has 0 saturated heterocycles. The Morgan fingerprint density at radius 1 is 0.943 bits per heavy atom. The van der Waals surface area contributed by atoms with E-state index in [4.69, 9.17) is 22.4 Å². The second-order valence-corrected chi connectivity index (χ2v) is 8.84. The summed E-state index contributed by atoms with van der Waals surface area (Å²) in [4.78, 5) is 0. The molecule has 0 spiro atoms. The first-order valence-corrected chi connectivity index (χ1v) is 12.1. The Labute approximate surface area is 209 Å². The van der Waals surface area contributed by atoms with Gasteiger partial charge in [-0.05, 0) is 46.9 Å². The largest absolute Gasteiger partial charge is 0.383 e. The lowest BCUT2D eigenvalue weighted by molar-refractivity contribution is 0.750. The van der Waals surface area contributed by atoms with E-state index in [-0.39, 0.29) is 0 Å². The molecule has 5 rings (SSSR count). The standard InChI is InChI=1S/C27H26ClN7/c1-2-3-11-24-22(26(29)35(32-24)25-12-7-6-10-23(25)28)17-18-13-15-19(16-14-18)20-8-4-5-9-21(20)27-30-33-34-31-27/h4-10,12-16H,2-3,11,17,29H2,1H3,(H,30,31,33,34). The summed E-state index contributed by atoms with van der Waals surface area (Å²) in [6.07, 6.45) is 3.72. The number of nitrogens with one attached hydrogen (secondary N) is 1. The maximum absolute atomic E-state index is 6.64. The average Bonchev–Trinajstić information content (AvgIpc) is 3.53. The third-order valence-corrected chi connectivity index (χ3v) is 6.43. The summed E-state index contributed by atoms with van der Waals surface area (Å²) in [7, 11) is 0. The molecule has 0 atom stereocenters. The van der Waals surface area contributed by atoms with Crippen molar-refractivity contribution in [1.82, 2.24) is 30.4 Å². The number of tetrazole rings is 1. The minimum atomic E-state index is 0.574. The minimum Gasteiger partial charge on any atom is -0.383 e. The molecular formula is C27H26ClN7. The van der Waals surface area contributed by atoms with Crippen LogP contribution >= 0.6 is 11.6 Å². The Bertz CT molecular complexity index is 1420. The summed E-state index contributed by atoms with van der Waals surface area (Å²) in [5.74, 6) is 1.21. The van der Waals surface area contributed by atoms with E-state index >= 15 is 0 Å². The summed E-state index contributed by atoms with van der Waals surface area (Å²) < 4.78 is 1.78. The van der Waals surface area contributed by atoms with Crippen LogP contribution in [0.25, 0.3) is 28.2 Å². The number of benzene rings is 3. The lowest BCUT2D eigenvalue weighted by Gasteiger charge is -2.09. The summed E-state index contributed by atoms with van der Waals surface area (Å²) in [6, 6.07) is 24.2. The van der Waals surface area contributed by atoms with Crippen molar-refractivity contribution in [2.45, 2.75) is 32.6 Å². The fourth-order valence-corrected chi connectivity index (χ4v) is 4.48. The molecule has 0 bridgehead atoms.